The van der Waals surface area contributed by atoms with E-state index in [0.29, 0.717) is 0 Å². The zero-order valence-corrected chi connectivity index (χ0v) is 9.19. The van der Waals surface area contributed by atoms with Crippen LogP contribution in [0.5, 0.6) is 0 Å². The SMILES string of the molecule is C=C/C(NN)=C(\C)CCC(=C)C(=C)C. The Kier molecular flexibility index (Phi) is 5.65. The lowest BCUT2D eigenvalue weighted by molar-refractivity contribution is 0.849. The number of hydrogen-bond acceptors (Lipinski definition) is 2. The molecule has 0 aliphatic carbocycles. The number of nitrogens with one attached hydrogen (secondary N) is 1. The van der Waals surface area contributed by atoms with Gasteiger partial charge in [-0.1, -0.05) is 30.9 Å². The van der Waals surface area contributed by atoms with Crippen molar-refractivity contribution in [2.45, 2.75) is 26.7 Å². The van der Waals surface area contributed by atoms with Crippen LogP contribution in [0.3, 0.4) is 0 Å². The zero-order valence-electron chi connectivity index (χ0n) is 9.19. The summed E-state index contributed by atoms with van der Waals surface area (Å²) in [5, 5.41) is 0. The highest BCUT2D eigenvalue weighted by Gasteiger charge is 1.99. The van der Waals surface area contributed by atoms with Crippen LogP contribution in [-0.2, 0) is 0 Å². The first kappa shape index (κ1) is 12.7. The smallest absolute Gasteiger partial charge is 0.0468 e. The highest BCUT2D eigenvalue weighted by Crippen LogP contribution is 2.16. The lowest BCUT2D eigenvalue weighted by Gasteiger charge is -2.09. The van der Waals surface area contributed by atoms with Crippen molar-refractivity contribution in [2.24, 2.45) is 5.84 Å². The Hall–Kier alpha value is -1.28. The maximum absolute atomic E-state index is 5.33. The summed E-state index contributed by atoms with van der Waals surface area (Å²) in [7, 11) is 0. The van der Waals surface area contributed by atoms with E-state index >= 15 is 0 Å². The Bertz CT molecular complexity index is 272. The Morgan fingerprint density at radius 2 is 1.86 bits per heavy atom. The van der Waals surface area contributed by atoms with Crippen molar-refractivity contribution in [2.75, 3.05) is 0 Å². The Balaban J connectivity index is 4.26. The van der Waals surface area contributed by atoms with Gasteiger partial charge in [-0.15, -0.1) is 0 Å². The molecule has 0 aromatic heterocycles. The summed E-state index contributed by atoms with van der Waals surface area (Å²) >= 11 is 0. The van der Waals surface area contributed by atoms with E-state index in [1.165, 1.54) is 5.57 Å². The third-order valence-corrected chi connectivity index (χ3v) is 2.22. The van der Waals surface area contributed by atoms with Crippen molar-refractivity contribution in [3.63, 3.8) is 0 Å². The summed E-state index contributed by atoms with van der Waals surface area (Å²) in [4.78, 5) is 0. The topological polar surface area (TPSA) is 38.0 Å². The van der Waals surface area contributed by atoms with Crippen molar-refractivity contribution in [1.29, 1.82) is 0 Å². The number of hydrogen-bond donors (Lipinski definition) is 2. The van der Waals surface area contributed by atoms with Crippen molar-refractivity contribution in [3.05, 3.63) is 48.2 Å². The van der Waals surface area contributed by atoms with E-state index < -0.39 is 0 Å². The molecule has 0 heterocycles. The highest BCUT2D eigenvalue weighted by molar-refractivity contribution is 5.26. The predicted octanol–water partition coefficient (Wildman–Crippen LogP) is 2.82. The van der Waals surface area contributed by atoms with E-state index in [-0.39, 0.29) is 0 Å². The molecular formula is C12H20N2. The fourth-order valence-electron chi connectivity index (χ4n) is 1.04. The van der Waals surface area contributed by atoms with Crippen LogP contribution in [0.1, 0.15) is 26.7 Å². The maximum atomic E-state index is 5.33. The minimum absolute atomic E-state index is 0.888. The third-order valence-electron chi connectivity index (χ3n) is 2.22. The minimum atomic E-state index is 0.888. The monoisotopic (exact) mass is 192 g/mol. The van der Waals surface area contributed by atoms with Crippen LogP contribution < -0.4 is 11.3 Å². The molecule has 0 unspecified atom stereocenters. The fraction of sp³-hybridized carbons (Fsp3) is 0.333. The van der Waals surface area contributed by atoms with Crippen LogP contribution in [0.25, 0.3) is 0 Å². The quantitative estimate of drug-likeness (QED) is 0.386. The fourth-order valence-corrected chi connectivity index (χ4v) is 1.04. The van der Waals surface area contributed by atoms with Gasteiger partial charge in [0.2, 0.25) is 0 Å². The molecule has 14 heavy (non-hydrogen) atoms. The van der Waals surface area contributed by atoms with E-state index in [1.54, 1.807) is 6.08 Å². The normalized spacial score (nSPS) is 11.6. The van der Waals surface area contributed by atoms with E-state index in [4.69, 9.17) is 5.84 Å². The molecule has 2 nitrogen and oxygen atoms in total. The molecule has 3 N–H and O–H groups in total. The number of nitrogens with two attached hydrogens (primary N) is 1. The molecule has 0 bridgehead atoms. The van der Waals surface area contributed by atoms with Crippen molar-refractivity contribution >= 4 is 0 Å². The Morgan fingerprint density at radius 3 is 2.21 bits per heavy atom. The molecule has 78 valence electrons. The van der Waals surface area contributed by atoms with Gasteiger partial charge in [0.15, 0.2) is 0 Å². The molecule has 0 aromatic rings. The minimum Gasteiger partial charge on any atom is -0.324 e. The van der Waals surface area contributed by atoms with Crippen LogP contribution in [0.4, 0.5) is 0 Å². The molecular weight excluding hydrogens is 172 g/mol. The van der Waals surface area contributed by atoms with Gasteiger partial charge in [-0.3, -0.25) is 5.84 Å². The average Bonchev–Trinajstić information content (AvgIpc) is 2.15. The zero-order chi connectivity index (χ0) is 11.1. The van der Waals surface area contributed by atoms with Crippen molar-refractivity contribution < 1.29 is 0 Å². The standard InChI is InChI=1S/C12H20N2/c1-6-12(14-13)11(5)8-7-10(4)9(2)3/h6,14H,1-2,4,7-8,13H2,3,5H3/b12-11-. The molecule has 2 heteroatoms. The second kappa shape index (κ2) is 6.22. The molecule has 0 atom stereocenters. The molecule has 0 saturated heterocycles. The van der Waals surface area contributed by atoms with Crippen LogP contribution in [0.15, 0.2) is 48.2 Å². The number of rotatable bonds is 6. The first-order chi connectivity index (χ1) is 6.52. The second-order valence-corrected chi connectivity index (χ2v) is 3.43. The molecule has 0 saturated carbocycles. The second-order valence-electron chi connectivity index (χ2n) is 3.43. The van der Waals surface area contributed by atoms with Gasteiger partial charge >= 0.3 is 0 Å². The van der Waals surface area contributed by atoms with Gasteiger partial charge in [0.1, 0.15) is 0 Å². The van der Waals surface area contributed by atoms with Crippen LogP contribution in [-0.4, -0.2) is 0 Å². The number of hydrazine groups is 1. The summed E-state index contributed by atoms with van der Waals surface area (Å²) in [6, 6.07) is 0. The Morgan fingerprint density at radius 1 is 1.29 bits per heavy atom. The van der Waals surface area contributed by atoms with Crippen LogP contribution in [0, 0.1) is 0 Å². The summed E-state index contributed by atoms with van der Waals surface area (Å²) in [5.41, 5.74) is 6.82. The number of allylic oxidation sites excluding steroid dienone is 4. The summed E-state index contributed by atoms with van der Waals surface area (Å²) in [6.45, 7) is 15.5. The van der Waals surface area contributed by atoms with Gasteiger partial charge in [0.25, 0.3) is 0 Å². The van der Waals surface area contributed by atoms with Crippen molar-refractivity contribution in [3.8, 4) is 0 Å². The summed E-state index contributed by atoms with van der Waals surface area (Å²) in [5.74, 6) is 5.33. The molecule has 0 spiro atoms. The van der Waals surface area contributed by atoms with Gasteiger partial charge in [-0.25, -0.2) is 0 Å². The summed E-state index contributed by atoms with van der Waals surface area (Å²) < 4.78 is 0. The molecule has 0 amide bonds. The summed E-state index contributed by atoms with van der Waals surface area (Å²) in [6.07, 6.45) is 3.57. The van der Waals surface area contributed by atoms with Gasteiger partial charge in [0.05, 0.1) is 0 Å². The Labute approximate surface area is 86.9 Å². The molecule has 0 radical (unpaired) electrons. The van der Waals surface area contributed by atoms with Gasteiger partial charge in [-0.2, -0.15) is 0 Å². The lowest BCUT2D eigenvalue weighted by atomic mass is 10.0. The molecule has 0 aliphatic heterocycles. The molecule has 0 rings (SSSR count). The van der Waals surface area contributed by atoms with E-state index in [1.807, 2.05) is 13.8 Å². The van der Waals surface area contributed by atoms with E-state index in [0.717, 1.165) is 29.7 Å². The van der Waals surface area contributed by atoms with E-state index in [2.05, 4.69) is 25.2 Å². The highest BCUT2D eigenvalue weighted by atomic mass is 15.2. The molecule has 0 fully saturated rings. The third kappa shape index (κ3) is 4.10. The van der Waals surface area contributed by atoms with Crippen LogP contribution in [0.2, 0.25) is 0 Å². The van der Waals surface area contributed by atoms with Gasteiger partial charge in [-0.05, 0) is 38.3 Å². The van der Waals surface area contributed by atoms with Crippen LogP contribution >= 0.6 is 0 Å². The average molecular weight is 192 g/mol. The largest absolute Gasteiger partial charge is 0.324 e. The molecule has 0 aliphatic rings. The lowest BCUT2D eigenvalue weighted by Crippen LogP contribution is -2.20. The first-order valence-corrected chi connectivity index (χ1v) is 4.65. The van der Waals surface area contributed by atoms with E-state index in [9.17, 15) is 0 Å². The van der Waals surface area contributed by atoms with Gasteiger partial charge in [0, 0.05) is 5.70 Å². The molecule has 0 aromatic carbocycles. The van der Waals surface area contributed by atoms with Crippen molar-refractivity contribution in [1.82, 2.24) is 5.43 Å². The maximum Gasteiger partial charge on any atom is 0.0468 e. The van der Waals surface area contributed by atoms with Gasteiger partial charge < -0.3 is 5.43 Å². The predicted molar refractivity (Wildman–Crippen MR) is 63.4 cm³/mol. The first-order valence-electron chi connectivity index (χ1n) is 4.65.